The number of amides is 2. The number of nitrogens with zero attached hydrogens (tertiary/aromatic N) is 1. The highest BCUT2D eigenvalue weighted by Crippen LogP contribution is 1.93. The fourth-order valence-corrected chi connectivity index (χ4v) is 0.935. The van der Waals surface area contributed by atoms with Crippen LogP contribution in [0.4, 0.5) is 4.79 Å². The minimum atomic E-state index is -0.988. The van der Waals surface area contributed by atoms with Crippen LogP contribution in [0.5, 0.6) is 0 Å². The van der Waals surface area contributed by atoms with Crippen LogP contribution >= 0.6 is 0 Å². The van der Waals surface area contributed by atoms with Gasteiger partial charge in [0.15, 0.2) is 0 Å². The predicted molar refractivity (Wildman–Crippen MR) is 59.5 cm³/mol. The zero-order valence-electron chi connectivity index (χ0n) is 10.2. The minimum Gasteiger partial charge on any atom is -0.481 e. The number of aliphatic carboxylic acids is 1. The van der Waals surface area contributed by atoms with Crippen LogP contribution in [-0.2, 0) is 14.3 Å². The fraction of sp³-hybridized carbons (Fsp3) is 0.700. The first-order valence-corrected chi connectivity index (χ1v) is 5.25. The summed E-state index contributed by atoms with van der Waals surface area (Å²) in [7, 11) is 1.43. The first kappa shape index (κ1) is 15.2. The zero-order valence-corrected chi connectivity index (χ0v) is 10.2. The van der Waals surface area contributed by atoms with Crippen molar-refractivity contribution in [2.24, 2.45) is 5.92 Å². The Kier molecular flexibility index (Phi) is 6.69. The Labute approximate surface area is 99.7 Å². The summed E-state index contributed by atoms with van der Waals surface area (Å²) in [5.41, 5.74) is 0. The average Bonchev–Trinajstić information content (AvgIpc) is 2.25. The number of urea groups is 1. The number of carboxylic acids is 1. The average molecular weight is 246 g/mol. The highest BCUT2D eigenvalue weighted by atomic mass is 16.5. The Morgan fingerprint density at radius 2 is 2.00 bits per heavy atom. The Morgan fingerprint density at radius 1 is 1.41 bits per heavy atom. The first-order valence-electron chi connectivity index (χ1n) is 5.25. The number of rotatable bonds is 6. The number of hydrogen-bond donors (Lipinski definition) is 2. The lowest BCUT2D eigenvalue weighted by atomic mass is 10.2. The van der Waals surface area contributed by atoms with Gasteiger partial charge in [-0.2, -0.15) is 0 Å². The molecule has 0 rings (SSSR count). The number of esters is 1. The van der Waals surface area contributed by atoms with Gasteiger partial charge in [0.2, 0.25) is 0 Å². The van der Waals surface area contributed by atoms with E-state index in [0.29, 0.717) is 0 Å². The maximum absolute atomic E-state index is 11.4. The third kappa shape index (κ3) is 6.39. The molecule has 17 heavy (non-hydrogen) atoms. The van der Waals surface area contributed by atoms with Crippen LogP contribution in [0.3, 0.4) is 0 Å². The van der Waals surface area contributed by atoms with Gasteiger partial charge in [-0.1, -0.05) is 6.92 Å². The number of nitrogens with one attached hydrogen (secondary N) is 1. The predicted octanol–water partition coefficient (Wildman–Crippen LogP) is -0.0884. The maximum Gasteiger partial charge on any atom is 0.325 e. The second-order valence-corrected chi connectivity index (χ2v) is 3.59. The molecular weight excluding hydrogens is 228 g/mol. The van der Waals surface area contributed by atoms with Gasteiger partial charge in [-0.05, 0) is 6.92 Å². The second-order valence-electron chi connectivity index (χ2n) is 3.59. The van der Waals surface area contributed by atoms with Gasteiger partial charge < -0.3 is 20.1 Å². The van der Waals surface area contributed by atoms with Crippen molar-refractivity contribution in [1.82, 2.24) is 10.2 Å². The molecule has 0 aliphatic carbocycles. The largest absolute Gasteiger partial charge is 0.481 e. The highest BCUT2D eigenvalue weighted by Gasteiger charge is 2.16. The smallest absolute Gasteiger partial charge is 0.325 e. The number of likely N-dealkylation sites (N-methyl/N-ethyl adjacent to an activating group) is 1. The Bertz CT molecular complexity index is 292. The molecule has 0 bridgehead atoms. The van der Waals surface area contributed by atoms with Crippen LogP contribution in [0.1, 0.15) is 13.8 Å². The molecule has 0 aliphatic rings. The van der Waals surface area contributed by atoms with Crippen molar-refractivity contribution >= 4 is 18.0 Å². The molecule has 98 valence electrons. The van der Waals surface area contributed by atoms with E-state index in [1.165, 1.54) is 14.0 Å². The molecule has 0 aliphatic heterocycles. The van der Waals surface area contributed by atoms with Gasteiger partial charge in [0.25, 0.3) is 0 Å². The lowest BCUT2D eigenvalue weighted by Crippen LogP contribution is -2.42. The van der Waals surface area contributed by atoms with E-state index >= 15 is 0 Å². The van der Waals surface area contributed by atoms with E-state index < -0.39 is 23.9 Å². The molecule has 0 saturated heterocycles. The number of ether oxygens (including phenoxy) is 1. The number of carbonyl (C=O) groups excluding carboxylic acids is 2. The summed E-state index contributed by atoms with van der Waals surface area (Å²) in [5.74, 6) is -2.16. The van der Waals surface area contributed by atoms with Crippen molar-refractivity contribution in [3.05, 3.63) is 0 Å². The molecule has 0 aromatic heterocycles. The summed E-state index contributed by atoms with van der Waals surface area (Å²) in [4.78, 5) is 34.1. The lowest BCUT2D eigenvalue weighted by molar-refractivity contribution is -0.144. The van der Waals surface area contributed by atoms with Crippen molar-refractivity contribution in [3.63, 3.8) is 0 Å². The third-order valence-electron chi connectivity index (χ3n) is 2.00. The number of carbonyl (C=O) groups is 3. The van der Waals surface area contributed by atoms with E-state index in [-0.39, 0.29) is 19.7 Å². The van der Waals surface area contributed by atoms with Gasteiger partial charge in [0, 0.05) is 13.6 Å². The van der Waals surface area contributed by atoms with Crippen LogP contribution in [-0.4, -0.2) is 54.7 Å². The van der Waals surface area contributed by atoms with Crippen molar-refractivity contribution in [3.8, 4) is 0 Å². The summed E-state index contributed by atoms with van der Waals surface area (Å²) in [6.07, 6.45) is 0. The molecule has 7 nitrogen and oxygen atoms in total. The lowest BCUT2D eigenvalue weighted by Gasteiger charge is -2.17. The maximum atomic E-state index is 11.4. The zero-order chi connectivity index (χ0) is 13.4. The molecule has 0 aromatic rings. The van der Waals surface area contributed by atoms with E-state index in [1.807, 2.05) is 0 Å². The van der Waals surface area contributed by atoms with Crippen molar-refractivity contribution in [2.45, 2.75) is 13.8 Å². The first-order chi connectivity index (χ1) is 7.88. The normalized spacial score (nSPS) is 11.5. The van der Waals surface area contributed by atoms with Gasteiger partial charge >= 0.3 is 18.0 Å². The third-order valence-corrected chi connectivity index (χ3v) is 2.00. The van der Waals surface area contributed by atoms with Gasteiger partial charge in [0.1, 0.15) is 6.54 Å². The molecule has 1 atom stereocenters. The Morgan fingerprint density at radius 3 is 2.47 bits per heavy atom. The van der Waals surface area contributed by atoms with Crippen LogP contribution in [0.25, 0.3) is 0 Å². The molecule has 1 unspecified atom stereocenters. The fourth-order valence-electron chi connectivity index (χ4n) is 0.935. The van der Waals surface area contributed by atoms with Crippen LogP contribution in [0, 0.1) is 5.92 Å². The van der Waals surface area contributed by atoms with E-state index in [9.17, 15) is 14.4 Å². The molecule has 2 amide bonds. The van der Waals surface area contributed by atoms with Gasteiger partial charge in [0.05, 0.1) is 12.5 Å². The molecule has 0 spiro atoms. The second kappa shape index (κ2) is 7.48. The molecule has 0 fully saturated rings. The topological polar surface area (TPSA) is 95.9 Å². The van der Waals surface area contributed by atoms with E-state index in [2.05, 4.69) is 10.1 Å². The summed E-state index contributed by atoms with van der Waals surface area (Å²) >= 11 is 0. The molecule has 7 heteroatoms. The highest BCUT2D eigenvalue weighted by molar-refractivity contribution is 5.81. The van der Waals surface area contributed by atoms with Crippen LogP contribution < -0.4 is 5.32 Å². The molecule has 0 radical (unpaired) electrons. The minimum absolute atomic E-state index is 0.0152. The Balaban J connectivity index is 3.97. The molecule has 0 saturated carbocycles. The van der Waals surface area contributed by atoms with Crippen molar-refractivity contribution < 1.29 is 24.2 Å². The molecular formula is C10H18N2O5. The van der Waals surface area contributed by atoms with E-state index in [1.54, 1.807) is 6.92 Å². The van der Waals surface area contributed by atoms with E-state index in [0.717, 1.165) is 4.90 Å². The summed E-state index contributed by atoms with van der Waals surface area (Å²) < 4.78 is 4.67. The summed E-state index contributed by atoms with van der Waals surface area (Å²) in [6, 6.07) is -0.508. The monoisotopic (exact) mass is 246 g/mol. The molecule has 0 heterocycles. The van der Waals surface area contributed by atoms with Crippen LogP contribution in [0.15, 0.2) is 0 Å². The SMILES string of the molecule is CCOC(=O)CN(C)C(=O)NCC(C)C(=O)O. The van der Waals surface area contributed by atoms with Crippen molar-refractivity contribution in [1.29, 1.82) is 0 Å². The summed E-state index contributed by atoms with van der Waals surface area (Å²) in [5, 5.41) is 11.0. The number of carboxylic acid groups (broad SMARTS) is 1. The molecule has 0 aromatic carbocycles. The van der Waals surface area contributed by atoms with Gasteiger partial charge in [-0.25, -0.2) is 4.79 Å². The standard InChI is InChI=1S/C10H18N2O5/c1-4-17-8(13)6-12(3)10(16)11-5-7(2)9(14)15/h7H,4-6H2,1-3H3,(H,11,16)(H,14,15). The van der Waals surface area contributed by atoms with Gasteiger partial charge in [-0.3, -0.25) is 9.59 Å². The molecule has 2 N–H and O–H groups in total. The van der Waals surface area contributed by atoms with Crippen molar-refractivity contribution in [2.75, 3.05) is 26.7 Å². The quantitative estimate of drug-likeness (QED) is 0.639. The van der Waals surface area contributed by atoms with Crippen LogP contribution in [0.2, 0.25) is 0 Å². The van der Waals surface area contributed by atoms with Gasteiger partial charge in [-0.15, -0.1) is 0 Å². The Hall–Kier alpha value is -1.79. The summed E-state index contributed by atoms with van der Waals surface area (Å²) in [6.45, 7) is 3.26. The van der Waals surface area contributed by atoms with E-state index in [4.69, 9.17) is 5.11 Å². The number of hydrogen-bond acceptors (Lipinski definition) is 4.